The molecule has 11 heteroatoms. The summed E-state index contributed by atoms with van der Waals surface area (Å²) in [6.45, 7) is 5.17. The fraction of sp³-hybridized carbons (Fsp3) is 0.242. The molecule has 0 fully saturated rings. The minimum absolute atomic E-state index is 0.0456. The van der Waals surface area contributed by atoms with E-state index in [9.17, 15) is 9.18 Å². The average molecular weight is 593 g/mol. The quantitative estimate of drug-likeness (QED) is 0.171. The number of nitrogens with one attached hydrogen (secondary N) is 3. The van der Waals surface area contributed by atoms with E-state index in [1.807, 2.05) is 69.2 Å². The molecule has 0 saturated carbocycles. The van der Waals surface area contributed by atoms with E-state index in [-0.39, 0.29) is 11.8 Å². The number of halogens is 1. The fourth-order valence-electron chi connectivity index (χ4n) is 5.03. The van der Waals surface area contributed by atoms with Crippen molar-refractivity contribution in [2.45, 2.75) is 20.3 Å². The van der Waals surface area contributed by atoms with Crippen LogP contribution in [0, 0.1) is 11.7 Å². The van der Waals surface area contributed by atoms with Gasteiger partial charge < -0.3 is 19.9 Å². The number of H-pyrrole nitrogens is 2. The van der Waals surface area contributed by atoms with Gasteiger partial charge >= 0.3 is 0 Å². The molecular formula is C33H33FN8O2. The highest BCUT2D eigenvalue weighted by Crippen LogP contribution is 2.34. The van der Waals surface area contributed by atoms with Gasteiger partial charge in [-0.25, -0.2) is 14.4 Å². The number of ether oxygens (including phenoxy) is 1. The van der Waals surface area contributed by atoms with Crippen LogP contribution >= 0.6 is 0 Å². The van der Waals surface area contributed by atoms with E-state index in [0.29, 0.717) is 59.3 Å². The van der Waals surface area contributed by atoms with Crippen LogP contribution in [0.2, 0.25) is 0 Å². The predicted octanol–water partition coefficient (Wildman–Crippen LogP) is 6.29. The molecule has 6 rings (SSSR count). The van der Waals surface area contributed by atoms with Crippen LogP contribution in [0.25, 0.3) is 55.8 Å². The first kappa shape index (κ1) is 28.9. The van der Waals surface area contributed by atoms with E-state index < -0.39 is 5.82 Å². The number of amides is 1. The highest BCUT2D eigenvalue weighted by atomic mass is 19.1. The number of aromatic amines is 2. The van der Waals surface area contributed by atoms with E-state index in [4.69, 9.17) is 9.72 Å². The van der Waals surface area contributed by atoms with Gasteiger partial charge in [0.1, 0.15) is 23.9 Å². The van der Waals surface area contributed by atoms with Gasteiger partial charge in [0.25, 0.3) is 0 Å². The number of hydrogen-bond acceptors (Lipinski definition) is 7. The summed E-state index contributed by atoms with van der Waals surface area (Å²) in [6.07, 6.45) is 5.49. The Labute approximate surface area is 253 Å². The van der Waals surface area contributed by atoms with Gasteiger partial charge in [-0.05, 0) is 67.5 Å². The van der Waals surface area contributed by atoms with Crippen molar-refractivity contribution in [3.8, 4) is 39.5 Å². The van der Waals surface area contributed by atoms with Crippen molar-refractivity contribution in [2.75, 3.05) is 32.6 Å². The van der Waals surface area contributed by atoms with Crippen molar-refractivity contribution in [3.63, 3.8) is 0 Å². The number of hydrogen-bond donors (Lipinski definition) is 3. The minimum Gasteiger partial charge on any atom is -0.492 e. The van der Waals surface area contributed by atoms with E-state index in [1.165, 1.54) is 12.1 Å². The number of imidazole rings is 1. The molecule has 0 radical (unpaired) electrons. The van der Waals surface area contributed by atoms with Crippen LogP contribution in [0.3, 0.4) is 0 Å². The Bertz CT molecular complexity index is 1960. The lowest BCUT2D eigenvalue weighted by atomic mass is 10.0. The van der Waals surface area contributed by atoms with Crippen molar-refractivity contribution < 1.29 is 13.9 Å². The molecule has 3 N–H and O–H groups in total. The number of nitrogens with zero attached hydrogens (tertiary/aromatic N) is 5. The number of carbonyl (C=O) groups is 1. The summed E-state index contributed by atoms with van der Waals surface area (Å²) in [6, 6.07) is 14.3. The molecular weight excluding hydrogens is 559 g/mol. The summed E-state index contributed by atoms with van der Waals surface area (Å²) in [4.78, 5) is 31.2. The van der Waals surface area contributed by atoms with Crippen LogP contribution in [0.5, 0.6) is 5.75 Å². The van der Waals surface area contributed by atoms with Gasteiger partial charge in [-0.2, -0.15) is 5.10 Å². The third-order valence-corrected chi connectivity index (χ3v) is 7.12. The molecule has 0 spiro atoms. The third kappa shape index (κ3) is 6.28. The van der Waals surface area contributed by atoms with Crippen LogP contribution in [-0.4, -0.2) is 68.2 Å². The smallest absolute Gasteiger partial charge is 0.224 e. The van der Waals surface area contributed by atoms with Gasteiger partial charge in [-0.1, -0.05) is 19.9 Å². The van der Waals surface area contributed by atoms with Crippen LogP contribution in [0.15, 0.2) is 67.1 Å². The summed E-state index contributed by atoms with van der Waals surface area (Å²) in [5, 5.41) is 11.4. The number of aromatic nitrogens is 6. The van der Waals surface area contributed by atoms with E-state index in [1.54, 1.807) is 18.6 Å². The molecule has 0 unspecified atom stereocenters. The molecule has 0 aliphatic rings. The molecule has 1 amide bonds. The monoisotopic (exact) mass is 592 g/mol. The van der Waals surface area contributed by atoms with Gasteiger partial charge in [0.15, 0.2) is 11.5 Å². The topological polar surface area (TPSA) is 125 Å². The molecule has 2 aromatic carbocycles. The molecule has 4 aromatic heterocycles. The number of rotatable bonds is 10. The standard InChI is InChI=1S/C33H33FN8O2/c1-19(2)11-29(43)37-24-13-22(17-35-18-24)20-5-6-28-27(15-20)31(41-40-28)33-38-30-26(7-8-36-32(30)39-33)21-12-23(34)16-25(14-21)44-10-9-42(3)4/h5-8,12-19H,9-11H2,1-4H3,(H,37,43)(H,40,41)(H,36,38,39). The average Bonchev–Trinajstić information content (AvgIpc) is 3.60. The summed E-state index contributed by atoms with van der Waals surface area (Å²) < 4.78 is 20.5. The van der Waals surface area contributed by atoms with Crippen molar-refractivity contribution in [2.24, 2.45) is 5.92 Å². The van der Waals surface area contributed by atoms with Crippen molar-refractivity contribution in [1.29, 1.82) is 0 Å². The summed E-state index contributed by atoms with van der Waals surface area (Å²) >= 11 is 0. The van der Waals surface area contributed by atoms with E-state index in [0.717, 1.165) is 27.6 Å². The molecule has 10 nitrogen and oxygen atoms in total. The normalized spacial score (nSPS) is 11.6. The molecule has 0 atom stereocenters. The van der Waals surface area contributed by atoms with Gasteiger partial charge in [0, 0.05) is 47.9 Å². The lowest BCUT2D eigenvalue weighted by Gasteiger charge is -2.12. The zero-order chi connectivity index (χ0) is 30.8. The highest BCUT2D eigenvalue weighted by Gasteiger charge is 2.17. The molecule has 6 aromatic rings. The molecule has 0 bridgehead atoms. The maximum Gasteiger partial charge on any atom is 0.224 e. The Hall–Kier alpha value is -5.16. The highest BCUT2D eigenvalue weighted by molar-refractivity contribution is 5.98. The Morgan fingerprint density at radius 3 is 2.73 bits per heavy atom. The minimum atomic E-state index is -0.393. The lowest BCUT2D eigenvalue weighted by molar-refractivity contribution is -0.116. The van der Waals surface area contributed by atoms with Gasteiger partial charge in [0.05, 0.1) is 22.9 Å². The largest absolute Gasteiger partial charge is 0.492 e. The first-order chi connectivity index (χ1) is 21.2. The van der Waals surface area contributed by atoms with E-state index in [2.05, 4.69) is 30.5 Å². The SMILES string of the molecule is CC(C)CC(=O)Nc1cncc(-c2ccc3[nH]nc(-c4nc5nccc(-c6cc(F)cc(OCCN(C)C)c6)c5[nH]4)c3c2)c1. The van der Waals surface area contributed by atoms with E-state index >= 15 is 0 Å². The van der Waals surface area contributed by atoms with Crippen molar-refractivity contribution in [3.05, 3.63) is 72.9 Å². The number of fused-ring (bicyclic) bond motifs is 2. The number of benzene rings is 2. The molecule has 4 heterocycles. The number of likely N-dealkylation sites (N-methyl/N-ethyl adjacent to an activating group) is 1. The first-order valence-electron chi connectivity index (χ1n) is 14.4. The predicted molar refractivity (Wildman–Crippen MR) is 170 cm³/mol. The van der Waals surface area contributed by atoms with Crippen LogP contribution in [0.4, 0.5) is 10.1 Å². The second-order valence-corrected chi connectivity index (χ2v) is 11.4. The lowest BCUT2D eigenvalue weighted by Crippen LogP contribution is -2.19. The Kier molecular flexibility index (Phi) is 8.03. The maximum absolute atomic E-state index is 14.6. The number of anilines is 1. The summed E-state index contributed by atoms with van der Waals surface area (Å²) in [5.41, 5.74) is 6.38. The number of carbonyl (C=O) groups excluding carboxylic acids is 1. The van der Waals surface area contributed by atoms with Crippen molar-refractivity contribution in [1.82, 2.24) is 35.0 Å². The van der Waals surface area contributed by atoms with Gasteiger partial charge in [-0.3, -0.25) is 14.9 Å². The maximum atomic E-state index is 14.6. The van der Waals surface area contributed by atoms with Gasteiger partial charge in [0.2, 0.25) is 5.91 Å². The Morgan fingerprint density at radius 2 is 1.91 bits per heavy atom. The van der Waals surface area contributed by atoms with Crippen LogP contribution < -0.4 is 10.1 Å². The number of pyridine rings is 2. The second kappa shape index (κ2) is 12.2. The third-order valence-electron chi connectivity index (χ3n) is 7.12. The Morgan fingerprint density at radius 1 is 1.05 bits per heavy atom. The molecule has 0 aliphatic carbocycles. The molecule has 0 aliphatic heterocycles. The summed E-state index contributed by atoms with van der Waals surface area (Å²) in [5.74, 6) is 0.799. The zero-order valence-corrected chi connectivity index (χ0v) is 25.0. The van der Waals surface area contributed by atoms with Crippen LogP contribution in [-0.2, 0) is 4.79 Å². The molecule has 44 heavy (non-hydrogen) atoms. The zero-order valence-electron chi connectivity index (χ0n) is 25.0. The summed E-state index contributed by atoms with van der Waals surface area (Å²) in [7, 11) is 3.91. The van der Waals surface area contributed by atoms with Gasteiger partial charge in [-0.15, -0.1) is 0 Å². The molecule has 224 valence electrons. The molecule has 0 saturated heterocycles. The Balaban J connectivity index is 1.33. The van der Waals surface area contributed by atoms with Crippen molar-refractivity contribution >= 4 is 33.7 Å². The van der Waals surface area contributed by atoms with Crippen LogP contribution in [0.1, 0.15) is 20.3 Å². The fourth-order valence-corrected chi connectivity index (χ4v) is 5.03. The first-order valence-corrected chi connectivity index (χ1v) is 14.4. The second-order valence-electron chi connectivity index (χ2n) is 11.4.